The normalized spacial score (nSPS) is 15.0. The molecule has 3 aromatic rings. The molecule has 32 heavy (non-hydrogen) atoms. The van der Waals surface area contributed by atoms with Crippen LogP contribution in [-0.4, -0.2) is 23.4 Å². The van der Waals surface area contributed by atoms with Crippen molar-refractivity contribution in [1.29, 1.82) is 5.26 Å². The number of fused-ring (bicyclic) bond motifs is 1. The Bertz CT molecular complexity index is 1140. The number of nitrogens with zero attached hydrogens (tertiary/aromatic N) is 2. The van der Waals surface area contributed by atoms with Gasteiger partial charge < -0.3 is 19.9 Å². The van der Waals surface area contributed by atoms with Crippen molar-refractivity contribution in [2.45, 2.75) is 32.6 Å². The molecule has 164 valence electrons. The second kappa shape index (κ2) is 9.48. The van der Waals surface area contributed by atoms with Gasteiger partial charge in [-0.2, -0.15) is 5.26 Å². The average molecular weight is 431 g/mol. The van der Waals surface area contributed by atoms with Crippen molar-refractivity contribution in [3.05, 3.63) is 71.1 Å². The highest BCUT2D eigenvalue weighted by molar-refractivity contribution is 5.71. The minimum absolute atomic E-state index is 0.0673. The lowest BCUT2D eigenvalue weighted by Gasteiger charge is -2.24. The maximum absolute atomic E-state index is 9.87. The number of aromatic amines is 1. The van der Waals surface area contributed by atoms with E-state index in [-0.39, 0.29) is 5.88 Å². The Morgan fingerprint density at radius 2 is 1.59 bits per heavy atom. The van der Waals surface area contributed by atoms with E-state index in [0.29, 0.717) is 24.7 Å². The highest BCUT2D eigenvalue weighted by Gasteiger charge is 2.35. The van der Waals surface area contributed by atoms with Crippen LogP contribution in [0, 0.1) is 11.3 Å². The molecule has 0 fully saturated rings. The molecule has 0 aliphatic carbocycles. The number of hydrogen-bond acceptors (Lipinski definition) is 6. The Morgan fingerprint density at radius 1 is 1.00 bits per heavy atom. The number of hydrogen-bond donors (Lipinski definition) is 2. The molecule has 2 heterocycles. The number of nitriles is 1. The summed E-state index contributed by atoms with van der Waals surface area (Å²) < 4.78 is 17.1. The molecule has 0 saturated heterocycles. The molecular weight excluding hydrogens is 404 g/mol. The summed E-state index contributed by atoms with van der Waals surface area (Å²) in [6.07, 6.45) is 1.88. The predicted molar refractivity (Wildman–Crippen MR) is 121 cm³/mol. The summed E-state index contributed by atoms with van der Waals surface area (Å²) in [5.74, 6) is 1.63. The smallest absolute Gasteiger partial charge is 0.244 e. The molecule has 0 spiro atoms. The SMILES string of the molecule is CCCOc1ccc(-c2[nH]nc3c2C(c2ccc(OCCC)cc2)C(C#N)=C(N)O3)cc1. The lowest BCUT2D eigenvalue weighted by molar-refractivity contribution is 0.317. The number of aromatic nitrogens is 2. The molecule has 0 saturated carbocycles. The van der Waals surface area contributed by atoms with Gasteiger partial charge in [-0.3, -0.25) is 5.10 Å². The lowest BCUT2D eigenvalue weighted by Crippen LogP contribution is -2.21. The Kier molecular flexibility index (Phi) is 6.31. The molecule has 2 aromatic carbocycles. The molecule has 1 aromatic heterocycles. The summed E-state index contributed by atoms with van der Waals surface area (Å²) in [6.45, 7) is 5.45. The summed E-state index contributed by atoms with van der Waals surface area (Å²) in [5.41, 5.74) is 9.81. The molecule has 0 amide bonds. The van der Waals surface area contributed by atoms with E-state index in [1.54, 1.807) is 0 Å². The number of benzene rings is 2. The van der Waals surface area contributed by atoms with Crippen molar-refractivity contribution >= 4 is 0 Å². The highest BCUT2D eigenvalue weighted by atomic mass is 16.5. The van der Waals surface area contributed by atoms with E-state index in [0.717, 1.165) is 46.7 Å². The zero-order chi connectivity index (χ0) is 22.5. The summed E-state index contributed by atoms with van der Waals surface area (Å²) in [4.78, 5) is 0. The predicted octanol–water partition coefficient (Wildman–Crippen LogP) is 4.87. The van der Waals surface area contributed by atoms with Gasteiger partial charge in [0.05, 0.1) is 30.4 Å². The van der Waals surface area contributed by atoms with Gasteiger partial charge in [0, 0.05) is 5.56 Å². The van der Waals surface area contributed by atoms with Crippen molar-refractivity contribution in [1.82, 2.24) is 10.2 Å². The Balaban J connectivity index is 1.74. The first-order valence-electron chi connectivity index (χ1n) is 10.8. The zero-order valence-corrected chi connectivity index (χ0v) is 18.2. The van der Waals surface area contributed by atoms with E-state index in [2.05, 4.69) is 30.1 Å². The molecule has 1 aliphatic heterocycles. The fraction of sp³-hybridized carbons (Fsp3) is 0.280. The van der Waals surface area contributed by atoms with Crippen LogP contribution >= 0.6 is 0 Å². The molecule has 0 bridgehead atoms. The molecule has 1 unspecified atom stereocenters. The molecule has 0 radical (unpaired) electrons. The van der Waals surface area contributed by atoms with Crippen molar-refractivity contribution in [3.63, 3.8) is 0 Å². The van der Waals surface area contributed by atoms with Gasteiger partial charge in [-0.15, -0.1) is 5.10 Å². The Labute approximate surface area is 187 Å². The van der Waals surface area contributed by atoms with Gasteiger partial charge in [-0.05, 0) is 54.8 Å². The van der Waals surface area contributed by atoms with Crippen LogP contribution < -0.4 is 19.9 Å². The second-order valence-electron chi connectivity index (χ2n) is 7.53. The van der Waals surface area contributed by atoms with Crippen molar-refractivity contribution in [3.8, 4) is 34.7 Å². The van der Waals surface area contributed by atoms with Gasteiger partial charge in [0.1, 0.15) is 23.1 Å². The summed E-state index contributed by atoms with van der Waals surface area (Å²) in [7, 11) is 0. The third-order valence-corrected chi connectivity index (χ3v) is 5.24. The summed E-state index contributed by atoms with van der Waals surface area (Å²) in [5, 5.41) is 17.3. The maximum Gasteiger partial charge on any atom is 0.244 e. The van der Waals surface area contributed by atoms with Crippen molar-refractivity contribution in [2.24, 2.45) is 5.73 Å². The number of allylic oxidation sites excluding steroid dienone is 1. The first-order chi connectivity index (χ1) is 15.7. The van der Waals surface area contributed by atoms with E-state index in [1.807, 2.05) is 48.5 Å². The topological polar surface area (TPSA) is 106 Å². The Hall–Kier alpha value is -3.92. The van der Waals surface area contributed by atoms with Gasteiger partial charge >= 0.3 is 0 Å². The van der Waals surface area contributed by atoms with Crippen LogP contribution in [0.15, 0.2) is 60.0 Å². The monoisotopic (exact) mass is 430 g/mol. The first-order valence-corrected chi connectivity index (χ1v) is 10.8. The molecule has 1 atom stereocenters. The fourth-order valence-electron chi connectivity index (χ4n) is 3.71. The number of nitrogens with one attached hydrogen (secondary N) is 1. The lowest BCUT2D eigenvalue weighted by atomic mass is 9.83. The van der Waals surface area contributed by atoms with E-state index < -0.39 is 5.92 Å². The van der Waals surface area contributed by atoms with E-state index >= 15 is 0 Å². The quantitative estimate of drug-likeness (QED) is 0.528. The molecule has 7 nitrogen and oxygen atoms in total. The van der Waals surface area contributed by atoms with Crippen LogP contribution in [0.1, 0.15) is 43.7 Å². The third-order valence-electron chi connectivity index (χ3n) is 5.24. The Morgan fingerprint density at radius 3 is 2.16 bits per heavy atom. The highest BCUT2D eigenvalue weighted by Crippen LogP contribution is 2.45. The summed E-state index contributed by atoms with van der Waals surface area (Å²) in [6, 6.07) is 17.7. The van der Waals surface area contributed by atoms with Gasteiger partial charge in [0.2, 0.25) is 11.8 Å². The van der Waals surface area contributed by atoms with Crippen LogP contribution in [0.5, 0.6) is 17.4 Å². The third kappa shape index (κ3) is 4.12. The standard InChI is InChI=1S/C25H26N4O3/c1-3-13-30-18-9-5-16(6-10-18)21-20(15-26)24(27)32-25-22(21)23(28-29-25)17-7-11-19(12-8-17)31-14-4-2/h5-12,21H,3-4,13-14,27H2,1-2H3,(H,28,29). The van der Waals surface area contributed by atoms with Crippen LogP contribution in [0.4, 0.5) is 0 Å². The van der Waals surface area contributed by atoms with Crippen LogP contribution in [-0.2, 0) is 0 Å². The van der Waals surface area contributed by atoms with Gasteiger partial charge in [-0.25, -0.2) is 0 Å². The van der Waals surface area contributed by atoms with Crippen LogP contribution in [0.25, 0.3) is 11.3 Å². The van der Waals surface area contributed by atoms with E-state index in [9.17, 15) is 5.26 Å². The zero-order valence-electron chi connectivity index (χ0n) is 18.2. The number of ether oxygens (including phenoxy) is 3. The first kappa shape index (κ1) is 21.3. The van der Waals surface area contributed by atoms with Gasteiger partial charge in [0.25, 0.3) is 0 Å². The summed E-state index contributed by atoms with van der Waals surface area (Å²) >= 11 is 0. The number of H-pyrrole nitrogens is 1. The van der Waals surface area contributed by atoms with Crippen molar-refractivity contribution < 1.29 is 14.2 Å². The van der Waals surface area contributed by atoms with Gasteiger partial charge in [0.15, 0.2) is 0 Å². The second-order valence-corrected chi connectivity index (χ2v) is 7.53. The molecular formula is C25H26N4O3. The largest absolute Gasteiger partial charge is 0.494 e. The van der Waals surface area contributed by atoms with Crippen LogP contribution in [0.3, 0.4) is 0 Å². The molecule has 1 aliphatic rings. The fourth-order valence-corrected chi connectivity index (χ4v) is 3.71. The van der Waals surface area contributed by atoms with E-state index in [4.69, 9.17) is 19.9 Å². The minimum atomic E-state index is -0.409. The maximum atomic E-state index is 9.87. The average Bonchev–Trinajstić information content (AvgIpc) is 3.24. The van der Waals surface area contributed by atoms with E-state index in [1.165, 1.54) is 0 Å². The number of nitrogens with two attached hydrogens (primary N) is 1. The molecule has 4 rings (SSSR count). The molecule has 7 heteroatoms. The minimum Gasteiger partial charge on any atom is -0.494 e. The van der Waals surface area contributed by atoms with Crippen LogP contribution in [0.2, 0.25) is 0 Å². The molecule has 3 N–H and O–H groups in total. The number of rotatable bonds is 8. The van der Waals surface area contributed by atoms with Crippen molar-refractivity contribution in [2.75, 3.05) is 13.2 Å². The van der Waals surface area contributed by atoms with Gasteiger partial charge in [-0.1, -0.05) is 26.0 Å².